The number of thiazole rings is 1. The number of aromatic nitrogens is 1. The largest absolute Gasteiger partial charge is 0.368 e. The van der Waals surface area contributed by atoms with Gasteiger partial charge in [0.1, 0.15) is 11.7 Å². The molecule has 2 amide bonds. The van der Waals surface area contributed by atoms with E-state index in [1.54, 1.807) is 4.90 Å². The summed E-state index contributed by atoms with van der Waals surface area (Å²) in [6, 6.07) is 5.70. The second kappa shape index (κ2) is 6.99. The lowest BCUT2D eigenvalue weighted by atomic mass is 9.93. The number of rotatable bonds is 3. The molecule has 2 aliphatic rings. The Morgan fingerprint density at radius 2 is 1.93 bits per heavy atom. The normalized spacial score (nSPS) is 26.5. The van der Waals surface area contributed by atoms with Crippen molar-refractivity contribution in [1.82, 2.24) is 9.88 Å². The number of aryl methyl sites for hydroxylation is 3. The fourth-order valence-electron chi connectivity index (χ4n) is 5.00. The second-order valence-corrected chi connectivity index (χ2v) is 9.72. The number of fused-ring (bicyclic) bond motifs is 1. The average molecular weight is 398 g/mol. The molecule has 5 nitrogen and oxygen atoms in total. The van der Waals surface area contributed by atoms with Gasteiger partial charge in [0.2, 0.25) is 5.91 Å². The molecule has 28 heavy (non-hydrogen) atoms. The first-order valence-electron chi connectivity index (χ1n) is 9.91. The number of primary amides is 1. The summed E-state index contributed by atoms with van der Waals surface area (Å²) in [6.45, 7) is 8.87. The molecule has 1 aromatic carbocycles. The van der Waals surface area contributed by atoms with Crippen LogP contribution in [0.15, 0.2) is 18.2 Å². The summed E-state index contributed by atoms with van der Waals surface area (Å²) >= 11 is 1.53. The molecule has 1 saturated carbocycles. The predicted molar refractivity (Wildman–Crippen MR) is 111 cm³/mol. The van der Waals surface area contributed by atoms with E-state index in [4.69, 9.17) is 5.73 Å². The van der Waals surface area contributed by atoms with Crippen molar-refractivity contribution in [2.45, 2.75) is 46.6 Å². The van der Waals surface area contributed by atoms with E-state index in [1.807, 2.05) is 13.0 Å². The van der Waals surface area contributed by atoms with Crippen LogP contribution in [-0.4, -0.2) is 34.3 Å². The molecule has 2 N–H and O–H groups in total. The smallest absolute Gasteiger partial charge is 0.274 e. The summed E-state index contributed by atoms with van der Waals surface area (Å²) in [5.74, 6) is 0.572. The first-order valence-corrected chi connectivity index (χ1v) is 10.7. The number of likely N-dealkylation sites (tertiary alicyclic amines) is 1. The van der Waals surface area contributed by atoms with Crippen LogP contribution in [0.1, 0.15) is 46.4 Å². The van der Waals surface area contributed by atoms with Crippen molar-refractivity contribution in [3.05, 3.63) is 40.0 Å². The van der Waals surface area contributed by atoms with E-state index in [0.717, 1.165) is 28.3 Å². The van der Waals surface area contributed by atoms with Crippen LogP contribution >= 0.6 is 11.3 Å². The summed E-state index contributed by atoms with van der Waals surface area (Å²) in [5, 5.41) is 0.847. The summed E-state index contributed by atoms with van der Waals surface area (Å²) in [5.41, 5.74) is 9.59. The van der Waals surface area contributed by atoms with E-state index in [1.165, 1.54) is 22.5 Å². The van der Waals surface area contributed by atoms with Crippen molar-refractivity contribution < 1.29 is 9.59 Å². The van der Waals surface area contributed by atoms with Gasteiger partial charge >= 0.3 is 0 Å². The molecule has 4 atom stereocenters. The summed E-state index contributed by atoms with van der Waals surface area (Å²) in [6.07, 6.45) is 2.01. The first-order chi connectivity index (χ1) is 13.3. The van der Waals surface area contributed by atoms with Crippen molar-refractivity contribution in [2.75, 3.05) is 6.54 Å². The number of carbonyl (C=O) groups excluding carboxylic acids is 2. The highest BCUT2D eigenvalue weighted by Gasteiger charge is 2.51. The van der Waals surface area contributed by atoms with Gasteiger partial charge in [0, 0.05) is 6.54 Å². The van der Waals surface area contributed by atoms with Gasteiger partial charge in [-0.3, -0.25) is 9.59 Å². The maximum atomic E-state index is 13.5. The Morgan fingerprint density at radius 1 is 1.18 bits per heavy atom. The lowest BCUT2D eigenvalue weighted by Gasteiger charge is -2.25. The van der Waals surface area contributed by atoms with E-state index >= 15 is 0 Å². The van der Waals surface area contributed by atoms with Gasteiger partial charge in [-0.05, 0) is 68.1 Å². The van der Waals surface area contributed by atoms with Gasteiger partial charge in [-0.2, -0.15) is 0 Å². The lowest BCUT2D eigenvalue weighted by Crippen LogP contribution is -2.46. The van der Waals surface area contributed by atoms with Crippen LogP contribution in [0.2, 0.25) is 0 Å². The summed E-state index contributed by atoms with van der Waals surface area (Å²) in [7, 11) is 0. The molecule has 0 bridgehead atoms. The van der Waals surface area contributed by atoms with E-state index in [0.29, 0.717) is 24.1 Å². The molecule has 1 unspecified atom stereocenters. The van der Waals surface area contributed by atoms with Crippen LogP contribution in [0.4, 0.5) is 0 Å². The number of hydrogen-bond acceptors (Lipinski definition) is 4. The Hall–Kier alpha value is -2.21. The molecule has 2 aromatic rings. The Kier molecular flexibility index (Phi) is 4.78. The highest BCUT2D eigenvalue weighted by Crippen LogP contribution is 2.46. The van der Waals surface area contributed by atoms with Crippen molar-refractivity contribution in [1.29, 1.82) is 0 Å². The highest BCUT2D eigenvalue weighted by molar-refractivity contribution is 7.15. The number of carbonyl (C=O) groups is 2. The first kappa shape index (κ1) is 19.1. The molecule has 148 valence electrons. The maximum absolute atomic E-state index is 13.5. The van der Waals surface area contributed by atoms with Gasteiger partial charge in [-0.15, -0.1) is 11.3 Å². The zero-order chi connectivity index (χ0) is 20.2. The minimum atomic E-state index is -0.517. The Labute approximate surface area is 170 Å². The van der Waals surface area contributed by atoms with Gasteiger partial charge in [0.05, 0.1) is 9.88 Å². The second-order valence-electron chi connectivity index (χ2n) is 8.51. The molecule has 6 heteroatoms. The van der Waals surface area contributed by atoms with Crippen molar-refractivity contribution >= 4 is 23.2 Å². The monoisotopic (exact) mass is 397 g/mol. The molecule has 2 heterocycles. The summed E-state index contributed by atoms with van der Waals surface area (Å²) < 4.78 is 0. The van der Waals surface area contributed by atoms with E-state index < -0.39 is 11.9 Å². The van der Waals surface area contributed by atoms with Gasteiger partial charge < -0.3 is 10.6 Å². The fraction of sp³-hybridized carbons (Fsp3) is 0.500. The molecular formula is C22H27N3O2S. The molecule has 0 radical (unpaired) electrons. The van der Waals surface area contributed by atoms with Crippen molar-refractivity contribution in [3.8, 4) is 10.4 Å². The quantitative estimate of drug-likeness (QED) is 0.858. The van der Waals surface area contributed by atoms with Crippen LogP contribution in [0.3, 0.4) is 0 Å². The Bertz CT molecular complexity index is 951. The van der Waals surface area contributed by atoms with E-state index in [9.17, 15) is 9.59 Å². The number of amides is 2. The number of nitrogens with two attached hydrogens (primary N) is 1. The van der Waals surface area contributed by atoms with Crippen molar-refractivity contribution in [3.63, 3.8) is 0 Å². The Balaban J connectivity index is 1.71. The standard InChI is InChI=1S/C22H27N3O2S/c1-11-7-16-10-25(19(21(23)26)17(16)8-11)22(27)18-20(28-14(4)24-18)15-6-5-12(2)13(3)9-15/h5-6,9,11,16-17,19H,7-8,10H2,1-4H3,(H2,23,26)/t11?,16-,17-,19-/m0/s1. The molecule has 1 aromatic heterocycles. The number of benzene rings is 1. The highest BCUT2D eigenvalue weighted by atomic mass is 32.1. The number of hydrogen-bond donors (Lipinski definition) is 1. The van der Waals surface area contributed by atoms with E-state index in [-0.39, 0.29) is 11.8 Å². The fourth-order valence-corrected chi connectivity index (χ4v) is 5.91. The van der Waals surface area contributed by atoms with Crippen LogP contribution < -0.4 is 5.73 Å². The van der Waals surface area contributed by atoms with Gasteiger partial charge in [0.25, 0.3) is 5.91 Å². The predicted octanol–water partition coefficient (Wildman–Crippen LogP) is 3.71. The SMILES string of the molecule is Cc1nc(C(=O)N2C[C@@H]3CC(C)C[C@@H]3[C@H]2C(N)=O)c(-c2ccc(C)c(C)c2)s1. The molecule has 2 fully saturated rings. The zero-order valence-corrected chi connectivity index (χ0v) is 17.7. The topological polar surface area (TPSA) is 76.3 Å². The molecule has 0 spiro atoms. The number of nitrogens with zero attached hydrogens (tertiary/aromatic N) is 2. The van der Waals surface area contributed by atoms with Gasteiger partial charge in [-0.1, -0.05) is 25.1 Å². The molecule has 1 saturated heterocycles. The minimum absolute atomic E-state index is 0.163. The van der Waals surface area contributed by atoms with Crippen LogP contribution in [0.5, 0.6) is 0 Å². The maximum Gasteiger partial charge on any atom is 0.274 e. The summed E-state index contributed by atoms with van der Waals surface area (Å²) in [4.78, 5) is 32.9. The lowest BCUT2D eigenvalue weighted by molar-refractivity contribution is -0.122. The Morgan fingerprint density at radius 3 is 2.61 bits per heavy atom. The van der Waals surface area contributed by atoms with Crippen LogP contribution in [0, 0.1) is 38.5 Å². The van der Waals surface area contributed by atoms with Crippen LogP contribution in [-0.2, 0) is 4.79 Å². The molecule has 4 rings (SSSR count). The van der Waals surface area contributed by atoms with Crippen LogP contribution in [0.25, 0.3) is 10.4 Å². The average Bonchev–Trinajstić information content (AvgIpc) is 3.27. The van der Waals surface area contributed by atoms with Gasteiger partial charge in [0.15, 0.2) is 0 Å². The van der Waals surface area contributed by atoms with Crippen molar-refractivity contribution in [2.24, 2.45) is 23.5 Å². The third-order valence-electron chi connectivity index (χ3n) is 6.42. The third-order valence-corrected chi connectivity index (χ3v) is 7.44. The minimum Gasteiger partial charge on any atom is -0.368 e. The van der Waals surface area contributed by atoms with E-state index in [2.05, 4.69) is 37.9 Å². The molecule has 1 aliphatic carbocycles. The third kappa shape index (κ3) is 3.13. The zero-order valence-electron chi connectivity index (χ0n) is 16.9. The molecule has 1 aliphatic heterocycles. The molecular weight excluding hydrogens is 370 g/mol. The van der Waals surface area contributed by atoms with Gasteiger partial charge in [-0.25, -0.2) is 4.98 Å².